The number of carbonyl (C=O) groups is 2. The Bertz CT molecular complexity index is 785. The van der Waals surface area contributed by atoms with Gasteiger partial charge in [0.05, 0.1) is 28.8 Å². The zero-order valence-electron chi connectivity index (χ0n) is 15.1. The molecule has 0 unspecified atom stereocenters. The van der Waals surface area contributed by atoms with Crippen LogP contribution in [0.2, 0.25) is 0 Å². The van der Waals surface area contributed by atoms with Crippen LogP contribution in [0.4, 0.5) is 10.5 Å². The minimum atomic E-state index is -0.592. The number of nitrogens with one attached hydrogen (secondary N) is 1. The Morgan fingerprint density at radius 1 is 1.27 bits per heavy atom. The van der Waals surface area contributed by atoms with Crippen molar-refractivity contribution in [3.8, 4) is 0 Å². The van der Waals surface area contributed by atoms with Gasteiger partial charge in [-0.2, -0.15) is 0 Å². The molecule has 0 aliphatic carbocycles. The first-order valence-corrected chi connectivity index (χ1v) is 8.60. The predicted molar refractivity (Wildman–Crippen MR) is 95.2 cm³/mol. The third-order valence-electron chi connectivity index (χ3n) is 4.85. The molecule has 0 aromatic heterocycles. The van der Waals surface area contributed by atoms with Crippen LogP contribution in [-0.2, 0) is 4.79 Å². The Labute approximate surface area is 151 Å². The molecule has 0 radical (unpaired) electrons. The zero-order chi connectivity index (χ0) is 19.0. The SMILES string of the molecule is CC(C)CCN1CC2=C(C1=O)[C@@H](c1ccc([N+](=O)[O-])cc1)NC(=O)N2C. The predicted octanol–water partition coefficient (Wildman–Crippen LogP) is 2.43. The van der Waals surface area contributed by atoms with E-state index in [0.29, 0.717) is 35.8 Å². The van der Waals surface area contributed by atoms with Gasteiger partial charge in [-0.1, -0.05) is 13.8 Å². The lowest BCUT2D eigenvalue weighted by Gasteiger charge is -2.31. The highest BCUT2D eigenvalue weighted by atomic mass is 16.6. The second-order valence-electron chi connectivity index (χ2n) is 7.06. The number of non-ortho nitro benzene ring substituents is 1. The molecule has 0 fully saturated rings. The third-order valence-corrected chi connectivity index (χ3v) is 4.85. The van der Waals surface area contributed by atoms with E-state index in [2.05, 4.69) is 19.2 Å². The average Bonchev–Trinajstić information content (AvgIpc) is 2.93. The Kier molecular flexibility index (Phi) is 4.67. The maximum atomic E-state index is 12.9. The van der Waals surface area contributed by atoms with Gasteiger partial charge in [-0.05, 0) is 30.0 Å². The number of amides is 3. The van der Waals surface area contributed by atoms with Crippen molar-refractivity contribution in [1.82, 2.24) is 15.1 Å². The van der Waals surface area contributed by atoms with Gasteiger partial charge in [0, 0.05) is 25.7 Å². The van der Waals surface area contributed by atoms with E-state index in [0.717, 1.165) is 6.42 Å². The molecule has 26 heavy (non-hydrogen) atoms. The highest BCUT2D eigenvalue weighted by molar-refractivity contribution is 6.01. The summed E-state index contributed by atoms with van der Waals surface area (Å²) in [6.45, 7) is 5.25. The van der Waals surface area contributed by atoms with E-state index in [9.17, 15) is 19.7 Å². The van der Waals surface area contributed by atoms with Gasteiger partial charge in [0.1, 0.15) is 0 Å². The standard InChI is InChI=1S/C18H22N4O4/c1-11(2)8-9-21-10-14-15(17(21)23)16(19-18(24)20(14)3)12-4-6-13(7-5-12)22(25)26/h4-7,11,16H,8-10H2,1-3H3,(H,19,24)/t16-/m1/s1. The number of likely N-dealkylation sites (N-methyl/N-ethyl adjacent to an activating group) is 1. The minimum Gasteiger partial charge on any atom is -0.333 e. The monoisotopic (exact) mass is 358 g/mol. The molecular weight excluding hydrogens is 336 g/mol. The number of nitro benzene ring substituents is 1. The van der Waals surface area contributed by atoms with Crippen molar-refractivity contribution in [1.29, 1.82) is 0 Å². The Morgan fingerprint density at radius 2 is 1.92 bits per heavy atom. The molecule has 8 nitrogen and oxygen atoms in total. The van der Waals surface area contributed by atoms with Gasteiger partial charge in [-0.15, -0.1) is 0 Å². The van der Waals surface area contributed by atoms with Crippen LogP contribution in [0.5, 0.6) is 0 Å². The Morgan fingerprint density at radius 3 is 2.50 bits per heavy atom. The molecule has 0 saturated heterocycles. The summed E-state index contributed by atoms with van der Waals surface area (Å²) < 4.78 is 0. The van der Waals surface area contributed by atoms with Gasteiger partial charge in [0.25, 0.3) is 11.6 Å². The highest BCUT2D eigenvalue weighted by Crippen LogP contribution is 2.36. The molecule has 1 aromatic carbocycles. The lowest BCUT2D eigenvalue weighted by atomic mass is 9.95. The van der Waals surface area contributed by atoms with Crippen molar-refractivity contribution < 1.29 is 14.5 Å². The normalized spacial score (nSPS) is 19.9. The largest absolute Gasteiger partial charge is 0.333 e. The molecule has 0 saturated carbocycles. The highest BCUT2D eigenvalue weighted by Gasteiger charge is 2.42. The van der Waals surface area contributed by atoms with Gasteiger partial charge in [-0.25, -0.2) is 4.79 Å². The molecule has 0 spiro atoms. The molecule has 2 aliphatic heterocycles. The van der Waals surface area contributed by atoms with Gasteiger partial charge in [0.2, 0.25) is 0 Å². The molecule has 0 bridgehead atoms. The first-order chi connectivity index (χ1) is 12.3. The van der Waals surface area contributed by atoms with Crippen molar-refractivity contribution in [3.63, 3.8) is 0 Å². The van der Waals surface area contributed by atoms with Crippen LogP contribution in [0.1, 0.15) is 31.9 Å². The van der Waals surface area contributed by atoms with E-state index in [-0.39, 0.29) is 17.6 Å². The molecule has 1 atom stereocenters. The molecule has 1 aromatic rings. The fourth-order valence-electron chi connectivity index (χ4n) is 3.26. The van der Waals surface area contributed by atoms with Crippen molar-refractivity contribution in [2.24, 2.45) is 5.92 Å². The number of carbonyl (C=O) groups excluding carboxylic acids is 2. The number of rotatable bonds is 5. The van der Waals surface area contributed by atoms with Crippen LogP contribution in [0.25, 0.3) is 0 Å². The van der Waals surface area contributed by atoms with E-state index in [4.69, 9.17) is 0 Å². The average molecular weight is 358 g/mol. The second kappa shape index (κ2) is 6.78. The zero-order valence-corrected chi connectivity index (χ0v) is 15.1. The van der Waals surface area contributed by atoms with Crippen molar-refractivity contribution >= 4 is 17.6 Å². The van der Waals surface area contributed by atoms with Crippen molar-refractivity contribution in [2.45, 2.75) is 26.3 Å². The van der Waals surface area contributed by atoms with E-state index in [1.165, 1.54) is 17.0 Å². The number of nitrogens with zero attached hydrogens (tertiary/aromatic N) is 3. The lowest BCUT2D eigenvalue weighted by molar-refractivity contribution is -0.384. The topological polar surface area (TPSA) is 95.8 Å². The van der Waals surface area contributed by atoms with E-state index < -0.39 is 11.0 Å². The first kappa shape index (κ1) is 17.9. The summed E-state index contributed by atoms with van der Waals surface area (Å²) in [5, 5.41) is 13.7. The van der Waals surface area contributed by atoms with E-state index >= 15 is 0 Å². The summed E-state index contributed by atoms with van der Waals surface area (Å²) in [6.07, 6.45) is 0.888. The number of hydrogen-bond donors (Lipinski definition) is 1. The van der Waals surface area contributed by atoms with Gasteiger partial charge in [0.15, 0.2) is 0 Å². The summed E-state index contributed by atoms with van der Waals surface area (Å²) in [6, 6.07) is 5.06. The maximum Gasteiger partial charge on any atom is 0.322 e. The molecule has 1 N–H and O–H groups in total. The summed E-state index contributed by atoms with van der Waals surface area (Å²) in [7, 11) is 1.65. The van der Waals surface area contributed by atoms with Crippen LogP contribution in [0.15, 0.2) is 35.5 Å². The minimum absolute atomic E-state index is 0.0292. The fraction of sp³-hybridized carbons (Fsp3) is 0.444. The number of benzene rings is 1. The quantitative estimate of drug-likeness (QED) is 0.646. The van der Waals surface area contributed by atoms with Crippen LogP contribution in [-0.4, -0.2) is 46.8 Å². The smallest absolute Gasteiger partial charge is 0.322 e. The molecule has 2 aliphatic rings. The third kappa shape index (κ3) is 3.14. The summed E-state index contributed by atoms with van der Waals surface area (Å²) in [5.41, 5.74) is 1.87. The Balaban J connectivity index is 1.92. The Hall–Kier alpha value is -2.90. The summed E-state index contributed by atoms with van der Waals surface area (Å²) >= 11 is 0. The van der Waals surface area contributed by atoms with Crippen molar-refractivity contribution in [2.75, 3.05) is 20.1 Å². The summed E-state index contributed by atoms with van der Waals surface area (Å²) in [4.78, 5) is 38.9. The van der Waals surface area contributed by atoms with Gasteiger partial charge < -0.3 is 10.2 Å². The molecule has 2 heterocycles. The van der Waals surface area contributed by atoms with Crippen molar-refractivity contribution in [3.05, 3.63) is 51.2 Å². The van der Waals surface area contributed by atoms with Gasteiger partial charge in [-0.3, -0.25) is 19.8 Å². The summed E-state index contributed by atoms with van der Waals surface area (Å²) in [5.74, 6) is 0.388. The fourth-order valence-corrected chi connectivity index (χ4v) is 3.26. The number of nitro groups is 1. The number of hydrogen-bond acceptors (Lipinski definition) is 4. The molecular formula is C18H22N4O4. The lowest BCUT2D eigenvalue weighted by Crippen LogP contribution is -2.45. The molecule has 8 heteroatoms. The molecule has 138 valence electrons. The van der Waals surface area contributed by atoms with Crippen LogP contribution >= 0.6 is 0 Å². The van der Waals surface area contributed by atoms with Crippen LogP contribution < -0.4 is 5.32 Å². The number of urea groups is 1. The van der Waals surface area contributed by atoms with E-state index in [1.807, 2.05) is 0 Å². The molecule has 3 rings (SSSR count). The maximum absolute atomic E-state index is 12.9. The first-order valence-electron chi connectivity index (χ1n) is 8.60. The second-order valence-corrected chi connectivity index (χ2v) is 7.06. The van der Waals surface area contributed by atoms with Crippen LogP contribution in [0.3, 0.4) is 0 Å². The van der Waals surface area contributed by atoms with Crippen LogP contribution in [0, 0.1) is 16.0 Å². The molecule has 3 amide bonds. The van der Waals surface area contributed by atoms with Gasteiger partial charge >= 0.3 is 6.03 Å². The van der Waals surface area contributed by atoms with E-state index in [1.54, 1.807) is 24.1 Å².